The number of thioether (sulfide) groups is 2. The topological polar surface area (TPSA) is 12.9 Å². The van der Waals surface area contributed by atoms with E-state index in [4.69, 9.17) is 4.98 Å². The van der Waals surface area contributed by atoms with Crippen LogP contribution in [0, 0.1) is 6.92 Å². The summed E-state index contributed by atoms with van der Waals surface area (Å²) in [6.45, 7) is 4.51. The number of halogens is 1. The molecule has 0 radical (unpaired) electrons. The summed E-state index contributed by atoms with van der Waals surface area (Å²) >= 11 is 9.63. The molecule has 0 N–H and O–H groups in total. The molecule has 1 nitrogen and oxygen atoms in total. The van der Waals surface area contributed by atoms with Gasteiger partial charge in [0.25, 0.3) is 0 Å². The zero-order valence-electron chi connectivity index (χ0n) is 11.4. The fourth-order valence-corrected chi connectivity index (χ4v) is 6.91. The van der Waals surface area contributed by atoms with Gasteiger partial charge in [0.05, 0.1) is 10.9 Å². The maximum atomic E-state index is 4.97. The Morgan fingerprint density at radius 1 is 1.20 bits per heavy atom. The molecule has 0 amide bonds. The maximum Gasteiger partial charge on any atom is 0.108 e. The second-order valence-electron chi connectivity index (χ2n) is 4.80. The largest absolute Gasteiger partial charge is 0.240 e. The monoisotopic (exact) mass is 385 g/mol. The highest BCUT2D eigenvalue weighted by Crippen LogP contribution is 2.45. The van der Waals surface area contributed by atoms with Crippen LogP contribution >= 0.6 is 50.8 Å². The number of hydrogen-bond donors (Lipinski definition) is 0. The molecular weight excluding hydrogens is 370 g/mol. The standard InChI is InChI=1S/C15H16BrNS3/c1-9-13(11-5-3-4-6-12(11)16)17-15(20-9)14-10(2)18-7-8-19-14/h3-6,10,14H,7-8H2,1-2H3. The van der Waals surface area contributed by atoms with Crippen molar-refractivity contribution in [3.05, 3.63) is 38.6 Å². The summed E-state index contributed by atoms with van der Waals surface area (Å²) in [4.78, 5) is 6.28. The molecule has 1 fully saturated rings. The Kier molecular flexibility index (Phi) is 4.80. The van der Waals surface area contributed by atoms with Gasteiger partial charge in [-0.3, -0.25) is 0 Å². The van der Waals surface area contributed by atoms with E-state index in [0.717, 1.165) is 10.2 Å². The maximum absolute atomic E-state index is 4.97. The highest BCUT2D eigenvalue weighted by atomic mass is 79.9. The molecule has 1 aromatic carbocycles. The zero-order chi connectivity index (χ0) is 14.1. The Bertz CT molecular complexity index is 611. The molecule has 1 aromatic heterocycles. The summed E-state index contributed by atoms with van der Waals surface area (Å²) in [5.41, 5.74) is 2.34. The lowest BCUT2D eigenvalue weighted by Crippen LogP contribution is -2.15. The van der Waals surface area contributed by atoms with Gasteiger partial charge in [-0.05, 0) is 13.0 Å². The van der Waals surface area contributed by atoms with Gasteiger partial charge in [0.1, 0.15) is 5.01 Å². The van der Waals surface area contributed by atoms with Crippen LogP contribution in [0.4, 0.5) is 0 Å². The van der Waals surface area contributed by atoms with Crippen molar-refractivity contribution in [1.82, 2.24) is 4.98 Å². The lowest BCUT2D eigenvalue weighted by molar-refractivity contribution is 0.896. The molecule has 1 aliphatic heterocycles. The molecule has 0 bridgehead atoms. The van der Waals surface area contributed by atoms with Crippen molar-refractivity contribution in [3.63, 3.8) is 0 Å². The highest BCUT2D eigenvalue weighted by Gasteiger charge is 2.27. The van der Waals surface area contributed by atoms with Crippen LogP contribution in [0.25, 0.3) is 11.3 Å². The average molecular weight is 386 g/mol. The Labute approximate surface area is 141 Å². The molecule has 2 atom stereocenters. The number of rotatable bonds is 2. The predicted octanol–water partition coefficient (Wildman–Crippen LogP) is 5.79. The first kappa shape index (κ1) is 14.9. The van der Waals surface area contributed by atoms with Crippen molar-refractivity contribution < 1.29 is 0 Å². The van der Waals surface area contributed by atoms with E-state index in [1.165, 1.54) is 27.0 Å². The SMILES string of the molecule is Cc1sc(C2SCCSC2C)nc1-c1ccccc1Br. The van der Waals surface area contributed by atoms with Gasteiger partial charge in [0.15, 0.2) is 0 Å². The minimum atomic E-state index is 0.550. The second-order valence-corrected chi connectivity index (χ2v) is 9.63. The number of benzene rings is 1. The van der Waals surface area contributed by atoms with Gasteiger partial charge < -0.3 is 0 Å². The van der Waals surface area contributed by atoms with E-state index >= 15 is 0 Å². The lowest BCUT2D eigenvalue weighted by Gasteiger charge is -2.25. The molecule has 2 unspecified atom stereocenters. The fraction of sp³-hybridized carbons (Fsp3) is 0.400. The van der Waals surface area contributed by atoms with Crippen LogP contribution < -0.4 is 0 Å². The first-order valence-electron chi connectivity index (χ1n) is 6.62. The van der Waals surface area contributed by atoms with E-state index in [1.54, 1.807) is 0 Å². The van der Waals surface area contributed by atoms with E-state index in [9.17, 15) is 0 Å². The predicted molar refractivity (Wildman–Crippen MR) is 97.1 cm³/mol. The van der Waals surface area contributed by atoms with Crippen molar-refractivity contribution in [3.8, 4) is 11.3 Å². The number of aromatic nitrogens is 1. The summed E-state index contributed by atoms with van der Waals surface area (Å²) in [7, 11) is 0. The number of aryl methyl sites for hydroxylation is 1. The average Bonchev–Trinajstić information content (AvgIpc) is 2.81. The van der Waals surface area contributed by atoms with Crippen molar-refractivity contribution in [2.45, 2.75) is 24.3 Å². The van der Waals surface area contributed by atoms with E-state index in [1.807, 2.05) is 17.4 Å². The van der Waals surface area contributed by atoms with E-state index in [2.05, 4.69) is 71.5 Å². The minimum Gasteiger partial charge on any atom is -0.240 e. The van der Waals surface area contributed by atoms with Gasteiger partial charge in [-0.1, -0.05) is 41.1 Å². The molecule has 1 saturated heterocycles. The van der Waals surface area contributed by atoms with Gasteiger partial charge in [0, 0.05) is 31.7 Å². The Hall–Kier alpha value is 0.0300. The molecule has 0 spiro atoms. The van der Waals surface area contributed by atoms with Gasteiger partial charge in [-0.2, -0.15) is 11.8 Å². The molecule has 0 saturated carbocycles. The number of hydrogen-bond acceptors (Lipinski definition) is 4. The normalized spacial score (nSPS) is 22.9. The van der Waals surface area contributed by atoms with Crippen LogP contribution in [0.1, 0.15) is 22.1 Å². The molecule has 20 heavy (non-hydrogen) atoms. The molecule has 106 valence electrons. The number of nitrogens with zero attached hydrogens (tertiary/aromatic N) is 1. The Balaban J connectivity index is 1.97. The third-order valence-corrected chi connectivity index (χ3v) is 8.37. The van der Waals surface area contributed by atoms with Crippen LogP contribution in [0.3, 0.4) is 0 Å². The molecule has 1 aliphatic rings. The molecular formula is C15H16BrNS3. The third-order valence-electron chi connectivity index (χ3n) is 3.37. The molecule has 3 rings (SSSR count). The van der Waals surface area contributed by atoms with Crippen LogP contribution in [0.5, 0.6) is 0 Å². The van der Waals surface area contributed by atoms with Crippen LogP contribution in [0.2, 0.25) is 0 Å². The summed E-state index contributed by atoms with van der Waals surface area (Å²) in [6.07, 6.45) is 0. The van der Waals surface area contributed by atoms with Gasteiger partial charge in [-0.25, -0.2) is 4.98 Å². The van der Waals surface area contributed by atoms with Crippen molar-refractivity contribution in [2.24, 2.45) is 0 Å². The molecule has 2 aromatic rings. The third kappa shape index (κ3) is 2.96. The highest BCUT2D eigenvalue weighted by molar-refractivity contribution is 9.10. The van der Waals surface area contributed by atoms with Gasteiger partial charge >= 0.3 is 0 Å². The van der Waals surface area contributed by atoms with Crippen LogP contribution in [-0.4, -0.2) is 21.7 Å². The first-order valence-corrected chi connectivity index (χ1v) is 10.3. The molecule has 2 heterocycles. The fourth-order valence-electron chi connectivity index (χ4n) is 2.35. The van der Waals surface area contributed by atoms with E-state index < -0.39 is 0 Å². The molecule has 0 aliphatic carbocycles. The first-order chi connectivity index (χ1) is 9.66. The number of thiazole rings is 1. The lowest BCUT2D eigenvalue weighted by atomic mass is 10.1. The smallest absolute Gasteiger partial charge is 0.108 e. The minimum absolute atomic E-state index is 0.550. The van der Waals surface area contributed by atoms with Crippen LogP contribution in [0.15, 0.2) is 28.7 Å². The van der Waals surface area contributed by atoms with Crippen molar-refractivity contribution in [1.29, 1.82) is 0 Å². The van der Waals surface area contributed by atoms with E-state index in [-0.39, 0.29) is 0 Å². The van der Waals surface area contributed by atoms with E-state index in [0.29, 0.717) is 10.5 Å². The van der Waals surface area contributed by atoms with Crippen molar-refractivity contribution in [2.75, 3.05) is 11.5 Å². The van der Waals surface area contributed by atoms with Crippen molar-refractivity contribution >= 4 is 50.8 Å². The Morgan fingerprint density at radius 3 is 2.70 bits per heavy atom. The summed E-state index contributed by atoms with van der Waals surface area (Å²) in [6, 6.07) is 8.35. The second kappa shape index (κ2) is 6.42. The Morgan fingerprint density at radius 2 is 1.95 bits per heavy atom. The zero-order valence-corrected chi connectivity index (χ0v) is 15.5. The van der Waals surface area contributed by atoms with Gasteiger partial charge in [0.2, 0.25) is 0 Å². The summed E-state index contributed by atoms with van der Waals surface area (Å²) in [5.74, 6) is 2.51. The van der Waals surface area contributed by atoms with Crippen LogP contribution in [-0.2, 0) is 0 Å². The molecule has 5 heteroatoms. The van der Waals surface area contributed by atoms with Gasteiger partial charge in [-0.15, -0.1) is 23.1 Å². The quantitative estimate of drug-likeness (QED) is 0.648. The summed E-state index contributed by atoms with van der Waals surface area (Å²) in [5, 5.41) is 2.50. The summed E-state index contributed by atoms with van der Waals surface area (Å²) < 4.78 is 1.12.